The van der Waals surface area contributed by atoms with Crippen LogP contribution in [0.1, 0.15) is 11.4 Å². The lowest BCUT2D eigenvalue weighted by Crippen LogP contribution is -2.24. The number of hydrogen-bond acceptors (Lipinski definition) is 7. The smallest absolute Gasteiger partial charge is 0.262 e. The maximum Gasteiger partial charge on any atom is 0.262 e. The van der Waals surface area contributed by atoms with Gasteiger partial charge in [-0.25, -0.2) is 9.97 Å². The number of hydrogen-bond donors (Lipinski definition) is 2. The molecule has 0 saturated heterocycles. The predicted octanol–water partition coefficient (Wildman–Crippen LogP) is 3.94. The zero-order valence-electron chi connectivity index (χ0n) is 17.4. The molecular weight excluding hydrogens is 444 g/mol. The van der Waals surface area contributed by atoms with Gasteiger partial charge in [0.15, 0.2) is 5.16 Å². The Hall–Kier alpha value is -3.01. The van der Waals surface area contributed by atoms with Crippen LogP contribution in [-0.4, -0.2) is 37.9 Å². The van der Waals surface area contributed by atoms with Gasteiger partial charge in [0.25, 0.3) is 5.56 Å². The van der Waals surface area contributed by atoms with E-state index in [1.54, 1.807) is 29.5 Å². The number of benzene rings is 2. The van der Waals surface area contributed by atoms with Gasteiger partial charge in [-0.1, -0.05) is 36.0 Å². The van der Waals surface area contributed by atoms with Gasteiger partial charge in [0, 0.05) is 29.8 Å². The molecule has 2 heterocycles. The highest BCUT2D eigenvalue weighted by molar-refractivity contribution is 7.99. The number of aromatic nitrogens is 3. The number of carbonyl (C=O) groups excluding carboxylic acids is 1. The van der Waals surface area contributed by atoms with Gasteiger partial charge in [-0.3, -0.25) is 14.2 Å². The van der Waals surface area contributed by atoms with E-state index >= 15 is 0 Å². The summed E-state index contributed by atoms with van der Waals surface area (Å²) < 4.78 is 1.53. The first-order valence-corrected chi connectivity index (χ1v) is 12.0. The van der Waals surface area contributed by atoms with E-state index < -0.39 is 0 Å². The minimum absolute atomic E-state index is 0.0291. The molecule has 0 radical (unpaired) electrons. The van der Waals surface area contributed by atoms with Gasteiger partial charge in [0.05, 0.1) is 27.4 Å². The van der Waals surface area contributed by atoms with Crippen molar-refractivity contribution in [1.29, 1.82) is 0 Å². The summed E-state index contributed by atoms with van der Waals surface area (Å²) >= 11 is 2.79. The number of nitrogens with one attached hydrogen (secondary N) is 1. The molecule has 2 N–H and O–H groups in total. The number of thiazole rings is 1. The Morgan fingerprint density at radius 1 is 1.19 bits per heavy atom. The van der Waals surface area contributed by atoms with E-state index in [4.69, 9.17) is 0 Å². The Bertz CT molecular complexity index is 1320. The summed E-state index contributed by atoms with van der Waals surface area (Å²) in [5.41, 5.74) is 2.92. The van der Waals surface area contributed by atoms with Gasteiger partial charge in [-0.05, 0) is 37.6 Å². The van der Waals surface area contributed by atoms with E-state index in [2.05, 4.69) is 15.3 Å². The fraction of sp³-hybridized carbons (Fsp3) is 0.217. The highest BCUT2D eigenvalue weighted by Gasteiger charge is 2.13. The summed E-state index contributed by atoms with van der Waals surface area (Å²) in [5, 5.41) is 16.1. The van der Waals surface area contributed by atoms with Gasteiger partial charge < -0.3 is 10.4 Å². The van der Waals surface area contributed by atoms with Crippen LogP contribution in [0.5, 0.6) is 0 Å². The summed E-state index contributed by atoms with van der Waals surface area (Å²) in [7, 11) is 0. The van der Waals surface area contributed by atoms with Gasteiger partial charge in [0.2, 0.25) is 5.91 Å². The second-order valence-electron chi connectivity index (χ2n) is 7.11. The van der Waals surface area contributed by atoms with Crippen molar-refractivity contribution < 1.29 is 9.90 Å². The van der Waals surface area contributed by atoms with Crippen molar-refractivity contribution in [3.8, 4) is 11.3 Å². The van der Waals surface area contributed by atoms with Crippen LogP contribution in [0.2, 0.25) is 0 Å². The second-order valence-corrected chi connectivity index (χ2v) is 9.12. The maximum absolute atomic E-state index is 12.9. The lowest BCUT2D eigenvalue weighted by Gasteiger charge is -2.13. The fourth-order valence-electron chi connectivity index (χ4n) is 3.26. The van der Waals surface area contributed by atoms with Crippen LogP contribution >= 0.6 is 23.1 Å². The first-order valence-electron chi connectivity index (χ1n) is 10.1. The quantitative estimate of drug-likeness (QED) is 0.302. The van der Waals surface area contributed by atoms with Crippen LogP contribution in [0, 0.1) is 6.92 Å². The Labute approximate surface area is 193 Å². The molecule has 32 heavy (non-hydrogen) atoms. The number of aliphatic hydroxyl groups is 1. The van der Waals surface area contributed by atoms with Gasteiger partial charge >= 0.3 is 0 Å². The lowest BCUT2D eigenvalue weighted by atomic mass is 10.1. The molecule has 0 unspecified atom stereocenters. The van der Waals surface area contributed by atoms with Gasteiger partial charge in [-0.15, -0.1) is 11.3 Å². The minimum Gasteiger partial charge on any atom is -0.396 e. The van der Waals surface area contributed by atoms with Crippen molar-refractivity contribution in [2.75, 3.05) is 17.7 Å². The average Bonchev–Trinajstić information content (AvgIpc) is 3.24. The SMILES string of the molecule is Cc1nc(-c2cccc(NC(=O)CSc3nc4ccccc4c(=O)n3CCCO)c2)cs1. The van der Waals surface area contributed by atoms with Crippen molar-refractivity contribution in [2.24, 2.45) is 0 Å². The molecule has 1 amide bonds. The number of thioether (sulfide) groups is 1. The highest BCUT2D eigenvalue weighted by atomic mass is 32.2. The predicted molar refractivity (Wildman–Crippen MR) is 129 cm³/mol. The van der Waals surface area contributed by atoms with Crippen molar-refractivity contribution in [3.05, 3.63) is 69.3 Å². The molecule has 2 aromatic carbocycles. The summed E-state index contributed by atoms with van der Waals surface area (Å²) in [6, 6.07) is 14.7. The van der Waals surface area contributed by atoms with Crippen LogP contribution in [0.4, 0.5) is 5.69 Å². The Kier molecular flexibility index (Phi) is 6.99. The van der Waals surface area contributed by atoms with Crippen molar-refractivity contribution in [1.82, 2.24) is 14.5 Å². The van der Waals surface area contributed by atoms with E-state index in [-0.39, 0.29) is 23.8 Å². The van der Waals surface area contributed by atoms with Crippen molar-refractivity contribution in [3.63, 3.8) is 0 Å². The first kappa shape index (κ1) is 22.2. The number of para-hydroxylation sites is 1. The minimum atomic E-state index is -0.197. The number of amides is 1. The molecule has 2 aromatic heterocycles. The third-order valence-corrected chi connectivity index (χ3v) is 6.51. The van der Waals surface area contributed by atoms with Crippen LogP contribution < -0.4 is 10.9 Å². The molecule has 0 spiro atoms. The standard InChI is InChI=1S/C23H22N4O3S2/c1-15-24-20(13-31-15)16-6-4-7-17(12-16)25-21(29)14-32-23-26-19-9-3-2-8-18(19)22(30)27(23)10-5-11-28/h2-4,6-9,12-13,28H,5,10-11,14H2,1H3,(H,25,29). The molecule has 0 bridgehead atoms. The summed E-state index contributed by atoms with van der Waals surface area (Å²) in [5.74, 6) is -0.0954. The third-order valence-electron chi connectivity index (χ3n) is 4.76. The zero-order valence-corrected chi connectivity index (χ0v) is 19.1. The zero-order chi connectivity index (χ0) is 22.5. The van der Waals surface area contributed by atoms with Gasteiger partial charge in [0.1, 0.15) is 0 Å². The molecule has 9 heteroatoms. The third kappa shape index (κ3) is 5.07. The number of rotatable bonds is 8. The van der Waals surface area contributed by atoms with Crippen molar-refractivity contribution >= 4 is 45.6 Å². The molecule has 164 valence electrons. The number of carbonyl (C=O) groups is 1. The molecule has 0 aliphatic heterocycles. The van der Waals surface area contributed by atoms with Crippen molar-refractivity contribution in [2.45, 2.75) is 25.0 Å². The molecule has 0 saturated carbocycles. The maximum atomic E-state index is 12.9. The molecule has 4 rings (SSSR count). The number of fused-ring (bicyclic) bond motifs is 1. The molecule has 4 aromatic rings. The van der Waals surface area contributed by atoms with Crippen LogP contribution in [0.3, 0.4) is 0 Å². The Balaban J connectivity index is 1.50. The van der Waals surface area contributed by atoms with E-state index in [1.165, 1.54) is 16.3 Å². The number of aryl methyl sites for hydroxylation is 1. The number of nitrogens with zero attached hydrogens (tertiary/aromatic N) is 3. The van der Waals surface area contributed by atoms with Gasteiger partial charge in [-0.2, -0.15) is 0 Å². The normalized spacial score (nSPS) is 11.1. The molecular formula is C23H22N4O3S2. The van der Waals surface area contributed by atoms with E-state index in [9.17, 15) is 14.7 Å². The highest BCUT2D eigenvalue weighted by Crippen LogP contribution is 2.24. The monoisotopic (exact) mass is 466 g/mol. The number of anilines is 1. The second kappa shape index (κ2) is 10.1. The van der Waals surface area contributed by atoms with Crippen LogP contribution in [0.25, 0.3) is 22.2 Å². The van der Waals surface area contributed by atoms with E-state index in [0.29, 0.717) is 34.7 Å². The summed E-state index contributed by atoms with van der Waals surface area (Å²) in [6.07, 6.45) is 0.433. The summed E-state index contributed by atoms with van der Waals surface area (Å²) in [6.45, 7) is 2.27. The molecule has 0 aliphatic carbocycles. The van der Waals surface area contributed by atoms with E-state index in [0.717, 1.165) is 16.3 Å². The molecule has 0 atom stereocenters. The molecule has 0 fully saturated rings. The van der Waals surface area contributed by atoms with E-state index in [1.807, 2.05) is 42.6 Å². The largest absolute Gasteiger partial charge is 0.396 e. The number of aliphatic hydroxyl groups excluding tert-OH is 1. The van der Waals surface area contributed by atoms with Crippen LogP contribution in [-0.2, 0) is 11.3 Å². The topological polar surface area (TPSA) is 97.1 Å². The molecule has 7 nitrogen and oxygen atoms in total. The molecule has 0 aliphatic rings. The summed E-state index contributed by atoms with van der Waals surface area (Å²) in [4.78, 5) is 34.6. The Morgan fingerprint density at radius 3 is 2.81 bits per heavy atom. The van der Waals surface area contributed by atoms with Crippen LogP contribution in [0.15, 0.2) is 63.9 Å². The fourth-order valence-corrected chi connectivity index (χ4v) is 4.71. The average molecular weight is 467 g/mol. The lowest BCUT2D eigenvalue weighted by molar-refractivity contribution is -0.113. The Morgan fingerprint density at radius 2 is 2.03 bits per heavy atom. The first-order chi connectivity index (χ1) is 15.5.